The van der Waals surface area contributed by atoms with Crippen molar-refractivity contribution in [3.05, 3.63) is 35.0 Å². The number of aliphatic carboxylic acids is 1. The molecule has 0 bridgehead atoms. The standard InChI is InChI=1S/C15H19NO2/c1-10-7-8-13-12(5-4-6-15(17)18)11(2)16(3)14(13)9-10/h7-9H,4-6H2,1-3H3,(H,17,18). The van der Waals surface area contributed by atoms with E-state index in [4.69, 9.17) is 5.11 Å². The molecule has 0 spiro atoms. The van der Waals surface area contributed by atoms with Crippen LogP contribution in [0.1, 0.15) is 29.7 Å². The molecule has 2 aromatic rings. The van der Waals surface area contributed by atoms with Crippen LogP contribution in [0.4, 0.5) is 0 Å². The van der Waals surface area contributed by atoms with Crippen molar-refractivity contribution in [1.29, 1.82) is 0 Å². The first kappa shape index (κ1) is 12.7. The third kappa shape index (κ3) is 2.26. The first-order valence-electron chi connectivity index (χ1n) is 6.27. The minimum absolute atomic E-state index is 0.238. The van der Waals surface area contributed by atoms with Crippen LogP contribution in [0.5, 0.6) is 0 Å². The molecule has 0 atom stereocenters. The van der Waals surface area contributed by atoms with Gasteiger partial charge in [-0.1, -0.05) is 12.1 Å². The highest BCUT2D eigenvalue weighted by molar-refractivity contribution is 5.86. The van der Waals surface area contributed by atoms with Crippen molar-refractivity contribution in [2.24, 2.45) is 7.05 Å². The molecule has 0 aliphatic rings. The summed E-state index contributed by atoms with van der Waals surface area (Å²) in [5, 5.41) is 9.97. The summed E-state index contributed by atoms with van der Waals surface area (Å²) >= 11 is 0. The Bertz CT molecular complexity index is 596. The number of hydrogen-bond donors (Lipinski definition) is 1. The number of fused-ring (bicyclic) bond motifs is 1. The molecule has 3 nitrogen and oxygen atoms in total. The van der Waals surface area contributed by atoms with Crippen LogP contribution in [0.15, 0.2) is 18.2 Å². The topological polar surface area (TPSA) is 42.2 Å². The molecule has 1 aromatic carbocycles. The van der Waals surface area contributed by atoms with E-state index in [2.05, 4.69) is 43.7 Å². The molecular formula is C15H19NO2. The highest BCUT2D eigenvalue weighted by Gasteiger charge is 2.12. The van der Waals surface area contributed by atoms with Crippen molar-refractivity contribution in [1.82, 2.24) is 4.57 Å². The Hall–Kier alpha value is -1.77. The van der Waals surface area contributed by atoms with Gasteiger partial charge in [0.2, 0.25) is 0 Å². The van der Waals surface area contributed by atoms with Crippen LogP contribution in [-0.2, 0) is 18.3 Å². The average Bonchev–Trinajstić information content (AvgIpc) is 2.54. The fourth-order valence-corrected chi connectivity index (χ4v) is 2.48. The quantitative estimate of drug-likeness (QED) is 0.898. The second kappa shape index (κ2) is 4.84. The van der Waals surface area contributed by atoms with Gasteiger partial charge in [-0.3, -0.25) is 4.79 Å². The summed E-state index contributed by atoms with van der Waals surface area (Å²) in [6.07, 6.45) is 1.77. The Morgan fingerprint density at radius 1 is 1.33 bits per heavy atom. The molecule has 0 saturated carbocycles. The van der Waals surface area contributed by atoms with E-state index < -0.39 is 5.97 Å². The second-order valence-corrected chi connectivity index (χ2v) is 4.89. The normalized spacial score (nSPS) is 11.1. The molecule has 18 heavy (non-hydrogen) atoms. The summed E-state index contributed by atoms with van der Waals surface area (Å²) in [7, 11) is 2.07. The predicted octanol–water partition coefficient (Wildman–Crippen LogP) is 3.20. The van der Waals surface area contributed by atoms with Crippen molar-refractivity contribution in [2.75, 3.05) is 0 Å². The van der Waals surface area contributed by atoms with Gasteiger partial charge in [-0.05, 0) is 43.9 Å². The van der Waals surface area contributed by atoms with Gasteiger partial charge >= 0.3 is 5.97 Å². The maximum absolute atomic E-state index is 10.6. The predicted molar refractivity (Wildman–Crippen MR) is 73.0 cm³/mol. The lowest BCUT2D eigenvalue weighted by molar-refractivity contribution is -0.137. The van der Waals surface area contributed by atoms with Crippen molar-refractivity contribution in [3.8, 4) is 0 Å². The zero-order valence-electron chi connectivity index (χ0n) is 11.2. The van der Waals surface area contributed by atoms with Gasteiger partial charge in [-0.15, -0.1) is 0 Å². The molecule has 1 aromatic heterocycles. The van der Waals surface area contributed by atoms with Gasteiger partial charge in [0, 0.05) is 30.1 Å². The monoisotopic (exact) mass is 245 g/mol. The van der Waals surface area contributed by atoms with Crippen LogP contribution in [0.25, 0.3) is 10.9 Å². The number of carbonyl (C=O) groups is 1. The van der Waals surface area contributed by atoms with Crippen LogP contribution in [-0.4, -0.2) is 15.6 Å². The van der Waals surface area contributed by atoms with Crippen LogP contribution < -0.4 is 0 Å². The van der Waals surface area contributed by atoms with Crippen LogP contribution >= 0.6 is 0 Å². The molecule has 0 radical (unpaired) electrons. The number of benzene rings is 1. The average molecular weight is 245 g/mol. The van der Waals surface area contributed by atoms with Gasteiger partial charge in [-0.25, -0.2) is 0 Å². The lowest BCUT2D eigenvalue weighted by Gasteiger charge is -2.01. The smallest absolute Gasteiger partial charge is 0.303 e. The number of nitrogens with zero attached hydrogens (tertiary/aromatic N) is 1. The molecule has 0 amide bonds. The third-order valence-electron chi connectivity index (χ3n) is 3.60. The summed E-state index contributed by atoms with van der Waals surface area (Å²) in [6, 6.07) is 6.44. The zero-order valence-corrected chi connectivity index (χ0v) is 11.2. The lowest BCUT2D eigenvalue weighted by atomic mass is 10.0. The molecule has 1 N–H and O–H groups in total. The highest BCUT2D eigenvalue weighted by atomic mass is 16.4. The molecule has 0 aliphatic heterocycles. The number of rotatable bonds is 4. The van der Waals surface area contributed by atoms with Gasteiger partial charge in [0.1, 0.15) is 0 Å². The molecule has 96 valence electrons. The Morgan fingerprint density at radius 3 is 2.72 bits per heavy atom. The Morgan fingerprint density at radius 2 is 2.06 bits per heavy atom. The van der Waals surface area contributed by atoms with Gasteiger partial charge in [0.25, 0.3) is 0 Å². The fourth-order valence-electron chi connectivity index (χ4n) is 2.48. The molecule has 0 unspecified atom stereocenters. The fraction of sp³-hybridized carbons (Fsp3) is 0.400. The third-order valence-corrected chi connectivity index (χ3v) is 3.60. The minimum Gasteiger partial charge on any atom is -0.481 e. The molecule has 2 rings (SSSR count). The number of aryl methyl sites for hydroxylation is 3. The summed E-state index contributed by atoms with van der Waals surface area (Å²) in [5.74, 6) is -0.719. The number of carboxylic acid groups (broad SMARTS) is 1. The van der Waals surface area contributed by atoms with E-state index in [1.165, 1.54) is 27.7 Å². The van der Waals surface area contributed by atoms with E-state index in [9.17, 15) is 4.79 Å². The summed E-state index contributed by atoms with van der Waals surface area (Å²) in [4.78, 5) is 10.6. The second-order valence-electron chi connectivity index (χ2n) is 4.89. The Balaban J connectivity index is 2.38. The van der Waals surface area contributed by atoms with E-state index in [0.29, 0.717) is 6.42 Å². The maximum Gasteiger partial charge on any atom is 0.303 e. The van der Waals surface area contributed by atoms with E-state index in [-0.39, 0.29) is 6.42 Å². The summed E-state index contributed by atoms with van der Waals surface area (Å²) in [5.41, 5.74) is 5.01. The Labute approximate surface area is 107 Å². The molecule has 0 aliphatic carbocycles. The van der Waals surface area contributed by atoms with Crippen molar-refractivity contribution < 1.29 is 9.90 Å². The SMILES string of the molecule is Cc1ccc2c(CCCC(=O)O)c(C)n(C)c2c1. The molecule has 1 heterocycles. The lowest BCUT2D eigenvalue weighted by Crippen LogP contribution is -1.97. The minimum atomic E-state index is -0.719. The van der Waals surface area contributed by atoms with E-state index >= 15 is 0 Å². The summed E-state index contributed by atoms with van der Waals surface area (Å²) in [6.45, 7) is 4.19. The van der Waals surface area contributed by atoms with Crippen molar-refractivity contribution in [3.63, 3.8) is 0 Å². The molecule has 3 heteroatoms. The maximum atomic E-state index is 10.6. The van der Waals surface area contributed by atoms with Crippen molar-refractivity contribution in [2.45, 2.75) is 33.1 Å². The van der Waals surface area contributed by atoms with Gasteiger partial charge in [0.15, 0.2) is 0 Å². The highest BCUT2D eigenvalue weighted by Crippen LogP contribution is 2.27. The van der Waals surface area contributed by atoms with Crippen LogP contribution in [0, 0.1) is 13.8 Å². The van der Waals surface area contributed by atoms with E-state index in [1.807, 2.05) is 0 Å². The van der Waals surface area contributed by atoms with Crippen LogP contribution in [0.3, 0.4) is 0 Å². The molecule has 0 fully saturated rings. The molecular weight excluding hydrogens is 226 g/mol. The first-order chi connectivity index (χ1) is 8.50. The molecule has 0 saturated heterocycles. The Kier molecular flexibility index (Phi) is 3.41. The van der Waals surface area contributed by atoms with E-state index in [0.717, 1.165) is 6.42 Å². The van der Waals surface area contributed by atoms with Gasteiger partial charge < -0.3 is 9.67 Å². The largest absolute Gasteiger partial charge is 0.481 e. The van der Waals surface area contributed by atoms with Crippen molar-refractivity contribution >= 4 is 16.9 Å². The first-order valence-corrected chi connectivity index (χ1v) is 6.27. The number of aromatic nitrogens is 1. The zero-order chi connectivity index (χ0) is 13.3. The van der Waals surface area contributed by atoms with Gasteiger partial charge in [-0.2, -0.15) is 0 Å². The number of carboxylic acids is 1. The summed E-state index contributed by atoms with van der Waals surface area (Å²) < 4.78 is 2.19. The van der Waals surface area contributed by atoms with E-state index in [1.54, 1.807) is 0 Å². The van der Waals surface area contributed by atoms with Gasteiger partial charge in [0.05, 0.1) is 0 Å². The van der Waals surface area contributed by atoms with Crippen LogP contribution in [0.2, 0.25) is 0 Å². The number of hydrogen-bond acceptors (Lipinski definition) is 1.